The van der Waals surface area contributed by atoms with E-state index in [1.54, 1.807) is 6.92 Å². The Kier molecular flexibility index (Phi) is 5.63. The molecule has 1 aliphatic rings. The van der Waals surface area contributed by atoms with Gasteiger partial charge in [0.25, 0.3) is 0 Å². The first kappa shape index (κ1) is 14.8. The van der Waals surface area contributed by atoms with Crippen LogP contribution in [0.5, 0.6) is 0 Å². The molecule has 1 aromatic heterocycles. The number of hydrogen-bond donors (Lipinski definition) is 1. The van der Waals surface area contributed by atoms with E-state index in [-0.39, 0.29) is 12.0 Å². The summed E-state index contributed by atoms with van der Waals surface area (Å²) in [6.07, 6.45) is 1.78. The van der Waals surface area contributed by atoms with Gasteiger partial charge in [-0.3, -0.25) is 4.79 Å². The molecule has 0 saturated carbocycles. The number of thiophene rings is 1. The van der Waals surface area contributed by atoms with E-state index < -0.39 is 6.10 Å². The Hall–Kier alpha value is -0.620. The molecule has 106 valence electrons. The molecule has 1 amide bonds. The second-order valence-corrected chi connectivity index (χ2v) is 6.33. The number of amides is 1. The van der Waals surface area contributed by atoms with Gasteiger partial charge in [0.2, 0.25) is 5.91 Å². The van der Waals surface area contributed by atoms with Gasteiger partial charge >= 0.3 is 0 Å². The predicted octanol–water partition coefficient (Wildman–Crippen LogP) is 2.60. The van der Waals surface area contributed by atoms with Gasteiger partial charge in [-0.05, 0) is 31.9 Å². The average molecular weight is 304 g/mol. The fourth-order valence-corrected chi connectivity index (χ4v) is 2.90. The summed E-state index contributed by atoms with van der Waals surface area (Å²) in [5.74, 6) is -0.109. The number of rotatable bonds is 6. The van der Waals surface area contributed by atoms with Crippen LogP contribution in [0, 0.1) is 0 Å². The summed E-state index contributed by atoms with van der Waals surface area (Å²) in [6, 6.07) is 3.73. The summed E-state index contributed by atoms with van der Waals surface area (Å²) in [4.78, 5) is 12.9. The highest BCUT2D eigenvalue weighted by Gasteiger charge is 2.19. The molecular formula is C13H18ClNO3S. The van der Waals surface area contributed by atoms with Crippen molar-refractivity contribution in [2.45, 2.75) is 38.5 Å². The Morgan fingerprint density at radius 2 is 2.53 bits per heavy atom. The Morgan fingerprint density at radius 3 is 3.16 bits per heavy atom. The smallest absolute Gasteiger partial charge is 0.249 e. The number of hydrogen-bond acceptors (Lipinski definition) is 4. The van der Waals surface area contributed by atoms with Crippen molar-refractivity contribution in [1.29, 1.82) is 0 Å². The van der Waals surface area contributed by atoms with E-state index in [0.717, 1.165) is 28.7 Å². The standard InChI is InChI=1S/C13H18ClNO3S/c1-9(18-8-10-3-2-6-17-10)13(16)15-7-11-4-5-12(14)19-11/h4-5,9-10H,2-3,6-8H2,1H3,(H,15,16)/t9-,10+/m0/s1. The zero-order valence-electron chi connectivity index (χ0n) is 10.9. The fourth-order valence-electron chi connectivity index (χ4n) is 1.87. The third-order valence-electron chi connectivity index (χ3n) is 2.99. The number of nitrogens with one attached hydrogen (secondary N) is 1. The van der Waals surface area contributed by atoms with Crippen LogP contribution in [0.15, 0.2) is 12.1 Å². The molecule has 2 heterocycles. The molecule has 1 N–H and O–H groups in total. The van der Waals surface area contributed by atoms with E-state index in [1.807, 2.05) is 12.1 Å². The van der Waals surface area contributed by atoms with Crippen LogP contribution in [-0.2, 0) is 20.8 Å². The highest BCUT2D eigenvalue weighted by Crippen LogP contribution is 2.21. The van der Waals surface area contributed by atoms with Crippen LogP contribution in [0.25, 0.3) is 0 Å². The van der Waals surface area contributed by atoms with Gasteiger partial charge in [-0.1, -0.05) is 11.6 Å². The Bertz CT molecular complexity index is 418. The third-order valence-corrected chi connectivity index (χ3v) is 4.22. The second kappa shape index (κ2) is 7.24. The highest BCUT2D eigenvalue weighted by atomic mass is 35.5. The summed E-state index contributed by atoms with van der Waals surface area (Å²) >= 11 is 7.29. The van der Waals surface area contributed by atoms with Gasteiger partial charge in [-0.25, -0.2) is 0 Å². The molecule has 19 heavy (non-hydrogen) atoms. The molecule has 1 fully saturated rings. The van der Waals surface area contributed by atoms with Crippen molar-refractivity contribution in [1.82, 2.24) is 5.32 Å². The molecule has 0 bridgehead atoms. The number of carbonyl (C=O) groups is 1. The van der Waals surface area contributed by atoms with E-state index in [2.05, 4.69) is 5.32 Å². The normalized spacial score (nSPS) is 20.4. The molecule has 1 aliphatic heterocycles. The number of ether oxygens (including phenoxy) is 2. The molecular weight excluding hydrogens is 286 g/mol. The first-order valence-corrected chi connectivity index (χ1v) is 7.59. The first-order valence-electron chi connectivity index (χ1n) is 6.40. The van der Waals surface area contributed by atoms with Gasteiger partial charge < -0.3 is 14.8 Å². The Balaban J connectivity index is 1.66. The maximum absolute atomic E-state index is 11.8. The quantitative estimate of drug-likeness (QED) is 0.879. The van der Waals surface area contributed by atoms with Gasteiger partial charge in [-0.15, -0.1) is 11.3 Å². The molecule has 0 aliphatic carbocycles. The van der Waals surface area contributed by atoms with E-state index >= 15 is 0 Å². The largest absolute Gasteiger partial charge is 0.376 e. The first-order chi connectivity index (χ1) is 9.15. The molecule has 0 unspecified atom stereocenters. The van der Waals surface area contributed by atoms with Crippen LogP contribution >= 0.6 is 22.9 Å². The lowest BCUT2D eigenvalue weighted by Gasteiger charge is -2.15. The van der Waals surface area contributed by atoms with Crippen molar-refractivity contribution in [3.8, 4) is 0 Å². The van der Waals surface area contributed by atoms with Crippen LogP contribution < -0.4 is 5.32 Å². The predicted molar refractivity (Wildman–Crippen MR) is 75.6 cm³/mol. The summed E-state index contributed by atoms with van der Waals surface area (Å²) in [6.45, 7) is 3.53. The van der Waals surface area contributed by atoms with Crippen LogP contribution in [0.1, 0.15) is 24.6 Å². The summed E-state index contributed by atoms with van der Waals surface area (Å²) in [5, 5.41) is 2.83. The SMILES string of the molecule is C[C@H](OC[C@H]1CCCO1)C(=O)NCc1ccc(Cl)s1. The zero-order valence-corrected chi connectivity index (χ0v) is 12.4. The lowest BCUT2D eigenvalue weighted by Crippen LogP contribution is -2.35. The van der Waals surface area contributed by atoms with Crippen LogP contribution in [-0.4, -0.2) is 31.3 Å². The molecule has 0 radical (unpaired) electrons. The Morgan fingerprint density at radius 1 is 1.68 bits per heavy atom. The Labute approximate surface area is 122 Å². The monoisotopic (exact) mass is 303 g/mol. The lowest BCUT2D eigenvalue weighted by atomic mass is 10.2. The van der Waals surface area contributed by atoms with E-state index in [0.29, 0.717) is 13.2 Å². The van der Waals surface area contributed by atoms with Crippen LogP contribution in [0.4, 0.5) is 0 Å². The van der Waals surface area contributed by atoms with Crippen LogP contribution in [0.2, 0.25) is 4.34 Å². The number of carbonyl (C=O) groups excluding carboxylic acids is 1. The summed E-state index contributed by atoms with van der Waals surface area (Å²) < 4.78 is 11.7. The number of halogens is 1. The van der Waals surface area contributed by atoms with Gasteiger partial charge in [0.05, 0.1) is 23.6 Å². The zero-order chi connectivity index (χ0) is 13.7. The van der Waals surface area contributed by atoms with Crippen molar-refractivity contribution >= 4 is 28.8 Å². The average Bonchev–Trinajstić information content (AvgIpc) is 3.04. The van der Waals surface area contributed by atoms with Gasteiger partial charge in [-0.2, -0.15) is 0 Å². The molecule has 1 saturated heterocycles. The van der Waals surface area contributed by atoms with E-state index in [9.17, 15) is 4.79 Å². The van der Waals surface area contributed by atoms with Gasteiger partial charge in [0, 0.05) is 11.5 Å². The van der Waals surface area contributed by atoms with Crippen LogP contribution in [0.3, 0.4) is 0 Å². The van der Waals surface area contributed by atoms with Gasteiger partial charge in [0.15, 0.2) is 0 Å². The molecule has 0 spiro atoms. The van der Waals surface area contributed by atoms with Crippen molar-refractivity contribution in [2.24, 2.45) is 0 Å². The maximum Gasteiger partial charge on any atom is 0.249 e. The van der Waals surface area contributed by atoms with Crippen molar-refractivity contribution in [3.63, 3.8) is 0 Å². The van der Waals surface area contributed by atoms with E-state index in [4.69, 9.17) is 21.1 Å². The summed E-state index contributed by atoms with van der Waals surface area (Å²) in [7, 11) is 0. The molecule has 1 aromatic rings. The highest BCUT2D eigenvalue weighted by molar-refractivity contribution is 7.16. The fraction of sp³-hybridized carbons (Fsp3) is 0.615. The molecule has 0 aromatic carbocycles. The van der Waals surface area contributed by atoms with Crippen molar-refractivity contribution in [2.75, 3.05) is 13.2 Å². The minimum absolute atomic E-state index is 0.109. The molecule has 2 atom stereocenters. The molecule has 4 nitrogen and oxygen atoms in total. The topological polar surface area (TPSA) is 47.6 Å². The van der Waals surface area contributed by atoms with Crippen molar-refractivity contribution < 1.29 is 14.3 Å². The molecule has 6 heteroatoms. The molecule has 2 rings (SSSR count). The minimum Gasteiger partial charge on any atom is -0.376 e. The van der Waals surface area contributed by atoms with E-state index in [1.165, 1.54) is 11.3 Å². The van der Waals surface area contributed by atoms with Gasteiger partial charge in [0.1, 0.15) is 6.10 Å². The summed E-state index contributed by atoms with van der Waals surface area (Å²) in [5.41, 5.74) is 0. The second-order valence-electron chi connectivity index (χ2n) is 4.53. The minimum atomic E-state index is -0.459. The maximum atomic E-state index is 11.8. The third kappa shape index (κ3) is 4.76. The van der Waals surface area contributed by atoms with Crippen molar-refractivity contribution in [3.05, 3.63) is 21.3 Å². The lowest BCUT2D eigenvalue weighted by molar-refractivity contribution is -0.133.